The first kappa shape index (κ1) is 18.4. The zero-order chi connectivity index (χ0) is 21.5. The van der Waals surface area contributed by atoms with Crippen LogP contribution < -0.4 is 15.6 Å². The number of ether oxygens (including phenoxy) is 1. The van der Waals surface area contributed by atoms with E-state index in [4.69, 9.17) is 4.74 Å². The summed E-state index contributed by atoms with van der Waals surface area (Å²) in [6, 6.07) is 12.7. The van der Waals surface area contributed by atoms with E-state index in [-0.39, 0.29) is 11.4 Å². The Balaban J connectivity index is 1.77. The summed E-state index contributed by atoms with van der Waals surface area (Å²) in [5.41, 5.74) is 2.08. The Morgan fingerprint density at radius 3 is 2.74 bits per heavy atom. The largest absolute Gasteiger partial charge is 0.497 e. The number of H-pyrrole nitrogens is 1. The van der Waals surface area contributed by atoms with Crippen LogP contribution in [0.2, 0.25) is 0 Å². The van der Waals surface area contributed by atoms with Gasteiger partial charge in [-0.2, -0.15) is 9.78 Å². The number of hydrogen-bond donors (Lipinski definition) is 2. The number of aromatic nitrogens is 6. The number of non-ortho nitro benzene ring substituents is 1. The van der Waals surface area contributed by atoms with Gasteiger partial charge in [0, 0.05) is 23.3 Å². The molecule has 0 saturated carbocycles. The zero-order valence-electron chi connectivity index (χ0n) is 16.0. The summed E-state index contributed by atoms with van der Waals surface area (Å²) in [4.78, 5) is 23.2. The number of nitro benzene ring substituents is 1. The van der Waals surface area contributed by atoms with Gasteiger partial charge in [-0.25, -0.2) is 5.10 Å². The van der Waals surface area contributed by atoms with Crippen molar-refractivity contribution in [2.24, 2.45) is 0 Å². The van der Waals surface area contributed by atoms with Crippen LogP contribution in [0.5, 0.6) is 5.75 Å². The second kappa shape index (κ2) is 7.02. The summed E-state index contributed by atoms with van der Waals surface area (Å²) in [6.07, 6.45) is 0. The van der Waals surface area contributed by atoms with E-state index in [0.29, 0.717) is 28.5 Å². The predicted molar refractivity (Wildman–Crippen MR) is 108 cm³/mol. The van der Waals surface area contributed by atoms with Crippen molar-refractivity contribution < 1.29 is 9.66 Å². The van der Waals surface area contributed by atoms with Crippen LogP contribution in [0.4, 0.5) is 17.3 Å². The summed E-state index contributed by atoms with van der Waals surface area (Å²) < 4.78 is 6.90. The van der Waals surface area contributed by atoms with Crippen LogP contribution in [0.15, 0.2) is 53.3 Å². The van der Waals surface area contributed by atoms with E-state index in [2.05, 4.69) is 31.0 Å². The third-order valence-electron chi connectivity index (χ3n) is 5.03. The maximum Gasteiger partial charge on any atom is 0.288 e. The van der Waals surface area contributed by atoms with Gasteiger partial charge in [0.15, 0.2) is 0 Å². The number of methoxy groups -OCH3 is 1. The first-order valence-electron chi connectivity index (χ1n) is 9.13. The molecule has 12 nitrogen and oxygen atoms in total. The molecule has 0 radical (unpaired) electrons. The van der Waals surface area contributed by atoms with Gasteiger partial charge in [0.2, 0.25) is 5.95 Å². The van der Waals surface area contributed by atoms with Crippen molar-refractivity contribution in [1.82, 2.24) is 30.4 Å². The molecular weight excluding hydrogens is 404 g/mol. The summed E-state index contributed by atoms with van der Waals surface area (Å²) >= 11 is 0. The minimum atomic E-state index is -0.587. The van der Waals surface area contributed by atoms with E-state index < -0.39 is 16.5 Å². The van der Waals surface area contributed by atoms with Crippen molar-refractivity contribution in [2.75, 3.05) is 12.4 Å². The Bertz CT molecular complexity index is 1360. The lowest BCUT2D eigenvalue weighted by Gasteiger charge is -2.28. The molecule has 2 aromatic carbocycles. The number of benzene rings is 2. The molecule has 0 bridgehead atoms. The van der Waals surface area contributed by atoms with E-state index in [1.54, 1.807) is 30.0 Å². The molecule has 0 saturated heterocycles. The number of rotatable bonds is 4. The number of nitrogens with zero attached hydrogens (tertiary/aromatic N) is 6. The predicted octanol–water partition coefficient (Wildman–Crippen LogP) is 2.03. The molecule has 4 aromatic rings. The van der Waals surface area contributed by atoms with E-state index in [0.717, 1.165) is 5.56 Å². The number of nitro groups is 1. The molecule has 0 aliphatic carbocycles. The standard InChI is InChI=1S/C19H14N8O4/c1-31-13-4-2-3-11(9-13)17-14-15(10-5-7-12(8-6-10)27(29)30)21-22-18(28)16(14)20-19-23-24-25-26(17)19/h2-9,17H,1H3,(H,22,28)(H,20,23,25). The van der Waals surface area contributed by atoms with Crippen LogP contribution in [0.1, 0.15) is 17.2 Å². The third kappa shape index (κ3) is 2.97. The van der Waals surface area contributed by atoms with Crippen LogP contribution in [-0.4, -0.2) is 42.4 Å². The molecule has 1 atom stereocenters. The van der Waals surface area contributed by atoms with Crippen molar-refractivity contribution in [3.05, 3.63) is 80.1 Å². The molecule has 31 heavy (non-hydrogen) atoms. The lowest BCUT2D eigenvalue weighted by molar-refractivity contribution is -0.384. The van der Waals surface area contributed by atoms with Crippen molar-refractivity contribution >= 4 is 17.3 Å². The van der Waals surface area contributed by atoms with Crippen LogP contribution in [0.25, 0.3) is 11.3 Å². The Morgan fingerprint density at radius 2 is 2.00 bits per heavy atom. The van der Waals surface area contributed by atoms with Gasteiger partial charge in [-0.15, -0.1) is 0 Å². The first-order chi connectivity index (χ1) is 15.1. The molecule has 1 unspecified atom stereocenters. The molecule has 3 heterocycles. The molecule has 0 amide bonds. The molecule has 5 rings (SSSR count). The Hall–Kier alpha value is -4.61. The van der Waals surface area contributed by atoms with E-state index in [1.807, 2.05) is 18.2 Å². The molecule has 1 aliphatic heterocycles. The number of aromatic amines is 1. The second-order valence-electron chi connectivity index (χ2n) is 6.75. The van der Waals surface area contributed by atoms with Gasteiger partial charge in [0.25, 0.3) is 11.2 Å². The summed E-state index contributed by atoms with van der Waals surface area (Å²) in [5.74, 6) is 0.925. The summed E-state index contributed by atoms with van der Waals surface area (Å²) in [6.45, 7) is 0. The van der Waals surface area contributed by atoms with Crippen molar-refractivity contribution in [1.29, 1.82) is 0 Å². The number of fused-ring (bicyclic) bond motifs is 2. The lowest BCUT2D eigenvalue weighted by Crippen LogP contribution is -2.29. The minimum absolute atomic E-state index is 0.0488. The molecule has 0 fully saturated rings. The van der Waals surface area contributed by atoms with E-state index >= 15 is 0 Å². The fourth-order valence-corrected chi connectivity index (χ4v) is 3.62. The molecule has 2 aromatic heterocycles. The van der Waals surface area contributed by atoms with Crippen LogP contribution in [0, 0.1) is 10.1 Å². The fourth-order valence-electron chi connectivity index (χ4n) is 3.62. The van der Waals surface area contributed by atoms with Gasteiger partial charge >= 0.3 is 0 Å². The average Bonchev–Trinajstić information content (AvgIpc) is 3.26. The van der Waals surface area contributed by atoms with Crippen LogP contribution >= 0.6 is 0 Å². The van der Waals surface area contributed by atoms with Gasteiger partial charge < -0.3 is 10.1 Å². The molecule has 154 valence electrons. The zero-order valence-corrected chi connectivity index (χ0v) is 16.0. The molecule has 1 aliphatic rings. The number of nitrogens with one attached hydrogen (secondary N) is 2. The SMILES string of the molecule is COc1cccc(C2c3c(-c4ccc([N+](=O)[O-])cc4)n[nH]c(=O)c3Nc3nnnn32)c1. The summed E-state index contributed by atoms with van der Waals surface area (Å²) in [7, 11) is 1.56. The maximum atomic E-state index is 12.7. The third-order valence-corrected chi connectivity index (χ3v) is 5.03. The normalized spacial score (nSPS) is 14.3. The van der Waals surface area contributed by atoms with Crippen molar-refractivity contribution in [3.63, 3.8) is 0 Å². The lowest BCUT2D eigenvalue weighted by atomic mass is 9.92. The monoisotopic (exact) mass is 418 g/mol. The first-order valence-corrected chi connectivity index (χ1v) is 9.13. The molecule has 0 spiro atoms. The van der Waals surface area contributed by atoms with Gasteiger partial charge in [0.05, 0.1) is 17.7 Å². The summed E-state index contributed by atoms with van der Waals surface area (Å²) in [5, 5.41) is 32.5. The van der Waals surface area contributed by atoms with E-state index in [1.165, 1.54) is 12.1 Å². The topological polar surface area (TPSA) is 154 Å². The number of tetrazole rings is 1. The number of hydrogen-bond acceptors (Lipinski definition) is 9. The Labute approximate surface area is 173 Å². The Kier molecular flexibility index (Phi) is 4.17. The van der Waals surface area contributed by atoms with Crippen LogP contribution in [0.3, 0.4) is 0 Å². The maximum absolute atomic E-state index is 12.7. The van der Waals surface area contributed by atoms with Gasteiger partial charge in [-0.3, -0.25) is 14.9 Å². The fraction of sp³-hybridized carbons (Fsp3) is 0.105. The van der Waals surface area contributed by atoms with Crippen LogP contribution in [-0.2, 0) is 0 Å². The highest BCUT2D eigenvalue weighted by Crippen LogP contribution is 2.41. The van der Waals surface area contributed by atoms with Gasteiger partial charge in [0.1, 0.15) is 17.5 Å². The quantitative estimate of drug-likeness (QED) is 0.329. The van der Waals surface area contributed by atoms with Crippen molar-refractivity contribution in [3.8, 4) is 17.0 Å². The highest BCUT2D eigenvalue weighted by Gasteiger charge is 2.34. The number of anilines is 2. The molecular formula is C19H14N8O4. The smallest absolute Gasteiger partial charge is 0.288 e. The highest BCUT2D eigenvalue weighted by atomic mass is 16.6. The van der Waals surface area contributed by atoms with Gasteiger partial charge in [-0.05, 0) is 40.3 Å². The highest BCUT2D eigenvalue weighted by molar-refractivity contribution is 5.76. The minimum Gasteiger partial charge on any atom is -0.497 e. The van der Waals surface area contributed by atoms with Gasteiger partial charge in [-0.1, -0.05) is 17.2 Å². The van der Waals surface area contributed by atoms with E-state index in [9.17, 15) is 14.9 Å². The molecule has 12 heteroatoms. The Morgan fingerprint density at radius 1 is 1.19 bits per heavy atom. The van der Waals surface area contributed by atoms with Crippen molar-refractivity contribution in [2.45, 2.75) is 6.04 Å². The average molecular weight is 418 g/mol. The second-order valence-corrected chi connectivity index (χ2v) is 6.75. The molecule has 2 N–H and O–H groups in total.